The number of aliphatic carboxylic acids is 1. The number of carboxylic acid groups (broad SMARTS) is 1. The molecule has 0 atom stereocenters. The van der Waals surface area contributed by atoms with Crippen LogP contribution < -0.4 is 69.9 Å². The van der Waals surface area contributed by atoms with Gasteiger partial charge in [-0.15, -0.1) is 0 Å². The Labute approximate surface area is 649 Å². The van der Waals surface area contributed by atoms with Crippen molar-refractivity contribution in [2.24, 2.45) is 17.2 Å². The molecule has 0 spiro atoms. The van der Waals surface area contributed by atoms with E-state index in [0.29, 0.717) is 84.5 Å². The first kappa shape index (κ1) is 83.9. The number of esters is 2. The minimum Gasteiger partial charge on any atom is -0.870 e. The van der Waals surface area contributed by atoms with Gasteiger partial charge in [0.2, 0.25) is 0 Å². The minimum atomic E-state index is -0.925. The Bertz CT molecular complexity index is 5030. The molecule has 1 saturated heterocycles. The largest absolute Gasteiger partial charge is 1.00 e. The molecular weight excluding hydrogens is 1410 g/mol. The van der Waals surface area contributed by atoms with E-state index in [1.54, 1.807) is 127 Å². The van der Waals surface area contributed by atoms with Crippen LogP contribution in [0.5, 0.6) is 34.5 Å². The summed E-state index contributed by atoms with van der Waals surface area (Å²) >= 11 is 5.63. The van der Waals surface area contributed by atoms with Crippen LogP contribution in [-0.2, 0) is 91.9 Å². The number of fused-ring (bicyclic) bond motifs is 3. The van der Waals surface area contributed by atoms with E-state index >= 15 is 0 Å². The Morgan fingerprint density at radius 3 is 1.21 bits per heavy atom. The third kappa shape index (κ3) is 22.0. The van der Waals surface area contributed by atoms with Gasteiger partial charge in [-0.05, 0) is 172 Å². The number of hydrogen-bond acceptors (Lipinski definition) is 23. The number of ether oxygens (including phenoxy) is 8. The van der Waals surface area contributed by atoms with Gasteiger partial charge in [-0.25, -0.2) is 0 Å². The number of aromatic nitrogens is 3. The number of nitrogens with zero attached hydrogens (tertiary/aromatic N) is 3. The number of hydrogen-bond donors (Lipinski definition) is 4. The van der Waals surface area contributed by atoms with Gasteiger partial charge in [0.15, 0.2) is 0 Å². The number of methoxy groups -OCH3 is 3. The van der Waals surface area contributed by atoms with Gasteiger partial charge in [-0.1, -0.05) is 35.9 Å². The minimum absolute atomic E-state index is 0. The predicted octanol–water partition coefficient (Wildman–Crippen LogP) is 11.3. The number of benzene rings is 6. The molecule has 1 aliphatic rings. The summed E-state index contributed by atoms with van der Waals surface area (Å²) in [7, 11) is 4.18. The maximum Gasteiger partial charge on any atom is 1.00 e. The van der Waals surface area contributed by atoms with Gasteiger partial charge in [-0.2, -0.15) is 0 Å². The van der Waals surface area contributed by atoms with Crippen LogP contribution in [0.4, 0.5) is 0 Å². The van der Waals surface area contributed by atoms with Crippen molar-refractivity contribution in [3.63, 3.8) is 0 Å². The zero-order valence-corrected chi connectivity index (χ0v) is 63.3. The molecule has 1 aliphatic heterocycles. The van der Waals surface area contributed by atoms with Crippen molar-refractivity contribution in [1.82, 2.24) is 15.0 Å². The summed E-state index contributed by atoms with van der Waals surface area (Å²) in [6.45, 7) is 14.3. The first-order chi connectivity index (χ1) is 51.6. The molecular formula is C82H87BClLiN6O18. The molecule has 109 heavy (non-hydrogen) atoms. The van der Waals surface area contributed by atoms with Crippen LogP contribution >= 0.6 is 11.6 Å². The maximum atomic E-state index is 12.1. The topological polar surface area (TPSA) is 350 Å². The van der Waals surface area contributed by atoms with Crippen LogP contribution in [0.25, 0.3) is 55.2 Å². The first-order valence-corrected chi connectivity index (χ1v) is 34.9. The molecule has 7 heterocycles. The van der Waals surface area contributed by atoms with Gasteiger partial charge in [0.05, 0.1) is 101 Å². The van der Waals surface area contributed by atoms with E-state index in [1.807, 2.05) is 119 Å². The number of halogens is 1. The molecule has 27 heteroatoms. The Morgan fingerprint density at radius 2 is 0.844 bits per heavy atom. The molecule has 12 aromatic rings. The molecule has 6 aromatic heterocycles. The van der Waals surface area contributed by atoms with Gasteiger partial charge >= 0.3 is 43.9 Å². The van der Waals surface area contributed by atoms with E-state index in [-0.39, 0.29) is 68.8 Å². The summed E-state index contributed by atoms with van der Waals surface area (Å²) in [4.78, 5) is 47.8. The molecule has 0 amide bonds. The average molecular weight is 1500 g/mol. The number of carbonyl (C=O) groups excluding carboxylic acids is 2. The molecule has 0 radical (unpaired) electrons. The van der Waals surface area contributed by atoms with Gasteiger partial charge < -0.3 is 88.2 Å². The Kier molecular flexibility index (Phi) is 30.4. The summed E-state index contributed by atoms with van der Waals surface area (Å²) in [6, 6.07) is 44.9. The molecule has 0 bridgehead atoms. The van der Waals surface area contributed by atoms with Gasteiger partial charge in [0.1, 0.15) is 71.1 Å². The van der Waals surface area contributed by atoms with Crippen molar-refractivity contribution in [3.8, 4) is 56.8 Å². The fourth-order valence-corrected chi connectivity index (χ4v) is 11.8. The van der Waals surface area contributed by atoms with Gasteiger partial charge in [-0.3, -0.25) is 29.3 Å². The summed E-state index contributed by atoms with van der Waals surface area (Å²) < 4.78 is 74.2. The van der Waals surface area contributed by atoms with Crippen LogP contribution in [-0.4, -0.2) is 96.3 Å². The van der Waals surface area contributed by atoms with E-state index in [2.05, 4.69) is 15.0 Å². The van der Waals surface area contributed by atoms with Crippen molar-refractivity contribution >= 4 is 75.0 Å². The molecule has 6 aromatic carbocycles. The normalized spacial score (nSPS) is 12.4. The van der Waals surface area contributed by atoms with E-state index in [1.165, 1.54) is 0 Å². The number of carbonyl (C=O) groups is 3. The zero-order chi connectivity index (χ0) is 76.2. The molecule has 0 saturated carbocycles. The summed E-state index contributed by atoms with van der Waals surface area (Å²) in [5.74, 6) is 1.97. The number of nitrogens with two attached hydrogens (primary N) is 3. The van der Waals surface area contributed by atoms with Crippen molar-refractivity contribution < 1.29 is 104 Å². The molecule has 24 nitrogen and oxygen atoms in total. The van der Waals surface area contributed by atoms with E-state index in [0.717, 1.165) is 106 Å². The van der Waals surface area contributed by atoms with E-state index < -0.39 is 24.3 Å². The molecule has 8 N–H and O–H groups in total. The predicted molar refractivity (Wildman–Crippen MR) is 410 cm³/mol. The number of furan rings is 3. The Morgan fingerprint density at radius 1 is 0.477 bits per heavy atom. The fourth-order valence-electron chi connectivity index (χ4n) is 11.6. The van der Waals surface area contributed by atoms with Gasteiger partial charge in [0.25, 0.3) is 0 Å². The Hall–Kier alpha value is -10.7. The summed E-state index contributed by atoms with van der Waals surface area (Å²) in [6.07, 6.45) is 10.2. The second-order valence-corrected chi connectivity index (χ2v) is 26.0. The van der Waals surface area contributed by atoms with Crippen LogP contribution in [0.1, 0.15) is 92.0 Å². The molecule has 0 aliphatic carbocycles. The quantitative estimate of drug-likeness (QED) is 0.0289. The summed E-state index contributed by atoms with van der Waals surface area (Å²) in [5.41, 5.74) is 30.0. The van der Waals surface area contributed by atoms with Crippen molar-refractivity contribution in [2.75, 3.05) is 34.5 Å². The SMILES string of the molecule is CCOC(=O)Cc1ccc(OC)cc1OCc1cc(-c2ccnc(CN)c2)c2occc2c1.CCOC(=O)Cc1ccc(OC)cc1OCc1cc(B2OC(C)(C)C(C)(C)O2)c2occc2c1.COc1ccc(CC(=O)O)c(OCc2cc(-c3ccnc(CN)c3)c3occc3c2)c1.NCc1cc(Cl)ccn1.[Li+].[OH-]. The van der Waals surface area contributed by atoms with Crippen LogP contribution in [0.15, 0.2) is 196 Å². The van der Waals surface area contributed by atoms with Crippen molar-refractivity contribution in [2.45, 2.75) is 111 Å². The third-order valence-electron chi connectivity index (χ3n) is 17.7. The van der Waals surface area contributed by atoms with E-state index in [9.17, 15) is 19.5 Å². The first-order valence-electron chi connectivity index (χ1n) is 34.5. The number of carboxylic acids is 1. The van der Waals surface area contributed by atoms with Crippen molar-refractivity contribution in [1.29, 1.82) is 0 Å². The maximum absolute atomic E-state index is 12.1. The van der Waals surface area contributed by atoms with E-state index in [4.69, 9.17) is 89.3 Å². The average Bonchev–Trinajstić information content (AvgIpc) is 1.61. The Balaban J connectivity index is 0.000000192. The summed E-state index contributed by atoms with van der Waals surface area (Å²) in [5, 5.41) is 12.7. The molecule has 564 valence electrons. The number of pyridine rings is 3. The van der Waals surface area contributed by atoms with Crippen LogP contribution in [0, 0.1) is 0 Å². The number of rotatable bonds is 26. The third-order valence-corrected chi connectivity index (χ3v) is 17.9. The molecule has 13 rings (SSSR count). The van der Waals surface area contributed by atoms with Crippen molar-refractivity contribution in [3.05, 3.63) is 238 Å². The van der Waals surface area contributed by atoms with Crippen LogP contribution in [0.2, 0.25) is 5.02 Å². The second kappa shape index (κ2) is 39.4. The smallest absolute Gasteiger partial charge is 0.870 e. The fraction of sp³-hybridized carbons (Fsp3) is 0.268. The van der Waals surface area contributed by atoms with Crippen LogP contribution in [0.3, 0.4) is 0 Å². The zero-order valence-electron chi connectivity index (χ0n) is 62.6. The molecule has 1 fully saturated rings. The standard InChI is InChI=1S/C26H31BO7.C26H26N2O5.C24H22N2O5.C6H7ClN2.Li.H2O/c1-7-30-23(28)14-18-8-9-20(29-6)15-22(18)32-16-17-12-19-10-11-31-24(19)21(13-17)27-33-25(2,3)26(4,5)34-27;1-3-31-25(29)13-19-4-5-22(30-2)14-24(19)33-16-17-10-20-7-9-32-26(20)23(11-17)18-6-8-28-21(12-18)15-27;1-29-20-3-2-17(11-23(27)28)22(12-20)31-14-15-8-18-5-7-30-24(18)21(9-15)16-4-6-26-19(10-16)13-25;7-5-1-2-9-6(3-5)4-8;;/h8-13,15H,7,14,16H2,1-6H3;4-12,14H,3,13,15-16,27H2,1-2H3;2-10,12H,11,13-14,25H2,1H3,(H,27,28);1-3H,4,8H2;;1H2/q;;;;+1;/p-1. The monoisotopic (exact) mass is 1500 g/mol. The molecule has 0 unspecified atom stereocenters. The van der Waals surface area contributed by atoms with Gasteiger partial charge in [0, 0.05) is 111 Å². The second-order valence-electron chi connectivity index (χ2n) is 25.5.